The number of aryl methyl sites for hydroxylation is 2. The minimum absolute atomic E-state index is 0.103. The van der Waals surface area contributed by atoms with E-state index < -0.39 is 0 Å². The van der Waals surface area contributed by atoms with Gasteiger partial charge < -0.3 is 0 Å². The topological polar surface area (TPSA) is 25.8 Å². The average Bonchev–Trinajstić information content (AvgIpc) is 2.77. The molecule has 1 heterocycles. The highest BCUT2D eigenvalue weighted by molar-refractivity contribution is 5.59. The van der Waals surface area contributed by atoms with Gasteiger partial charge in [0.2, 0.25) is 0 Å². The van der Waals surface area contributed by atoms with E-state index in [0.717, 1.165) is 53.6 Å². The lowest BCUT2D eigenvalue weighted by molar-refractivity contribution is 0.248. The summed E-state index contributed by atoms with van der Waals surface area (Å²) in [6.45, 7) is 4.33. The van der Waals surface area contributed by atoms with Crippen molar-refractivity contribution in [1.29, 1.82) is 0 Å². The van der Waals surface area contributed by atoms with E-state index >= 15 is 0 Å². The lowest BCUT2D eigenvalue weighted by Gasteiger charge is -2.28. The molecule has 0 bridgehead atoms. The zero-order chi connectivity index (χ0) is 20.5. The fraction of sp³-hybridized carbons (Fsp3) is 0.615. The fourth-order valence-electron chi connectivity index (χ4n) is 4.64. The third-order valence-corrected chi connectivity index (χ3v) is 6.69. The van der Waals surface area contributed by atoms with E-state index in [-0.39, 0.29) is 5.82 Å². The van der Waals surface area contributed by atoms with Gasteiger partial charge in [-0.2, -0.15) is 10.2 Å². The summed E-state index contributed by atoms with van der Waals surface area (Å²) >= 11 is 0. The SMILES string of the molecule is CCCCCCC1CCC(CCc2ccc(-c3ccc(CC)nn3)cc2F)CC1. The van der Waals surface area contributed by atoms with Gasteiger partial charge in [0, 0.05) is 5.56 Å². The number of hydrogen-bond donors (Lipinski definition) is 0. The number of rotatable bonds is 10. The highest BCUT2D eigenvalue weighted by Crippen LogP contribution is 2.34. The summed E-state index contributed by atoms with van der Waals surface area (Å²) in [5, 5.41) is 8.42. The standard InChI is InChI=1S/C26H37FN2/c1-3-5-6-7-8-20-9-11-21(12-10-20)13-14-22-15-16-23(19-25(22)27)26-18-17-24(4-2)28-29-26/h15-21H,3-14H2,1-2H3. The van der Waals surface area contributed by atoms with E-state index in [1.165, 1.54) is 57.8 Å². The first-order valence-electron chi connectivity index (χ1n) is 11.8. The van der Waals surface area contributed by atoms with Crippen LogP contribution in [-0.4, -0.2) is 10.2 Å². The molecule has 158 valence electrons. The Morgan fingerprint density at radius 3 is 2.24 bits per heavy atom. The number of unbranched alkanes of at least 4 members (excludes halogenated alkanes) is 3. The molecular weight excluding hydrogens is 359 g/mol. The summed E-state index contributed by atoms with van der Waals surface area (Å²) in [5.41, 5.74) is 3.35. The van der Waals surface area contributed by atoms with Crippen molar-refractivity contribution in [2.24, 2.45) is 11.8 Å². The molecule has 0 unspecified atom stereocenters. The monoisotopic (exact) mass is 396 g/mol. The van der Waals surface area contributed by atoms with Crippen molar-refractivity contribution in [2.45, 2.75) is 90.9 Å². The second-order valence-corrected chi connectivity index (χ2v) is 8.84. The Balaban J connectivity index is 1.45. The van der Waals surface area contributed by atoms with Gasteiger partial charge in [-0.3, -0.25) is 0 Å². The molecule has 1 aliphatic rings. The predicted molar refractivity (Wildman–Crippen MR) is 119 cm³/mol. The van der Waals surface area contributed by atoms with Crippen LogP contribution in [0.1, 0.15) is 89.3 Å². The van der Waals surface area contributed by atoms with Crippen molar-refractivity contribution in [2.75, 3.05) is 0 Å². The minimum Gasteiger partial charge on any atom is -0.207 e. The Labute approximate surface area is 176 Å². The first kappa shape index (κ1) is 21.9. The van der Waals surface area contributed by atoms with Gasteiger partial charge in [0.1, 0.15) is 5.82 Å². The second kappa shape index (κ2) is 11.4. The molecule has 1 aromatic carbocycles. The molecule has 0 radical (unpaired) electrons. The normalized spacial score (nSPS) is 19.4. The molecular formula is C26H37FN2. The third kappa shape index (κ3) is 6.62. The Morgan fingerprint density at radius 2 is 1.62 bits per heavy atom. The summed E-state index contributed by atoms with van der Waals surface area (Å²) in [6.07, 6.45) is 15.2. The van der Waals surface area contributed by atoms with Crippen molar-refractivity contribution in [1.82, 2.24) is 10.2 Å². The molecule has 0 N–H and O–H groups in total. The molecule has 2 aromatic rings. The quantitative estimate of drug-likeness (QED) is 0.387. The van der Waals surface area contributed by atoms with Gasteiger partial charge in [0.15, 0.2) is 0 Å². The number of hydrogen-bond acceptors (Lipinski definition) is 2. The molecule has 0 amide bonds. The van der Waals surface area contributed by atoms with Crippen molar-refractivity contribution in [3.05, 3.63) is 47.4 Å². The van der Waals surface area contributed by atoms with E-state index in [4.69, 9.17) is 0 Å². The molecule has 0 spiro atoms. The maximum atomic E-state index is 14.7. The second-order valence-electron chi connectivity index (χ2n) is 8.84. The molecule has 0 atom stereocenters. The summed E-state index contributed by atoms with van der Waals surface area (Å²) in [7, 11) is 0. The van der Waals surface area contributed by atoms with E-state index in [0.29, 0.717) is 0 Å². The smallest absolute Gasteiger partial charge is 0.127 e. The van der Waals surface area contributed by atoms with E-state index in [1.807, 2.05) is 24.3 Å². The fourth-order valence-corrected chi connectivity index (χ4v) is 4.64. The molecule has 29 heavy (non-hydrogen) atoms. The van der Waals surface area contributed by atoms with Crippen molar-refractivity contribution < 1.29 is 4.39 Å². The lowest BCUT2D eigenvalue weighted by Crippen LogP contribution is -2.15. The zero-order valence-electron chi connectivity index (χ0n) is 18.3. The van der Waals surface area contributed by atoms with E-state index in [2.05, 4.69) is 24.0 Å². The van der Waals surface area contributed by atoms with Crippen LogP contribution < -0.4 is 0 Å². The van der Waals surface area contributed by atoms with Gasteiger partial charge in [-0.05, 0) is 54.9 Å². The minimum atomic E-state index is -0.103. The molecule has 1 fully saturated rings. The molecule has 0 saturated heterocycles. The van der Waals surface area contributed by atoms with Crippen LogP contribution in [0.5, 0.6) is 0 Å². The first-order valence-corrected chi connectivity index (χ1v) is 11.8. The summed E-state index contributed by atoms with van der Waals surface area (Å²) < 4.78 is 14.7. The van der Waals surface area contributed by atoms with Crippen LogP contribution in [0.4, 0.5) is 4.39 Å². The molecule has 3 heteroatoms. The molecule has 1 aromatic heterocycles. The molecule has 2 nitrogen and oxygen atoms in total. The van der Waals surface area contributed by atoms with Crippen molar-refractivity contribution in [3.63, 3.8) is 0 Å². The van der Waals surface area contributed by atoms with Gasteiger partial charge in [-0.1, -0.05) is 83.8 Å². The highest BCUT2D eigenvalue weighted by Gasteiger charge is 2.21. The van der Waals surface area contributed by atoms with Crippen LogP contribution in [0.25, 0.3) is 11.3 Å². The summed E-state index contributed by atoms with van der Waals surface area (Å²) in [4.78, 5) is 0. The maximum absolute atomic E-state index is 14.7. The van der Waals surface area contributed by atoms with Gasteiger partial charge in [-0.15, -0.1) is 0 Å². The Morgan fingerprint density at radius 1 is 0.862 bits per heavy atom. The Hall–Kier alpha value is -1.77. The Kier molecular flexibility index (Phi) is 8.64. The highest BCUT2D eigenvalue weighted by atomic mass is 19.1. The summed E-state index contributed by atoms with van der Waals surface area (Å²) in [6, 6.07) is 9.45. The van der Waals surface area contributed by atoms with Gasteiger partial charge in [0.05, 0.1) is 11.4 Å². The van der Waals surface area contributed by atoms with Crippen LogP contribution in [0.2, 0.25) is 0 Å². The van der Waals surface area contributed by atoms with Crippen LogP contribution >= 0.6 is 0 Å². The largest absolute Gasteiger partial charge is 0.207 e. The molecule has 1 saturated carbocycles. The van der Waals surface area contributed by atoms with Crippen LogP contribution in [-0.2, 0) is 12.8 Å². The van der Waals surface area contributed by atoms with Gasteiger partial charge >= 0.3 is 0 Å². The zero-order valence-corrected chi connectivity index (χ0v) is 18.3. The van der Waals surface area contributed by atoms with Crippen LogP contribution in [0.15, 0.2) is 30.3 Å². The maximum Gasteiger partial charge on any atom is 0.127 e. The Bertz CT molecular complexity index is 733. The number of nitrogens with zero attached hydrogens (tertiary/aromatic N) is 2. The summed E-state index contributed by atoms with van der Waals surface area (Å²) in [5.74, 6) is 1.61. The van der Waals surface area contributed by atoms with Crippen molar-refractivity contribution in [3.8, 4) is 11.3 Å². The molecule has 1 aliphatic carbocycles. The number of aromatic nitrogens is 2. The van der Waals surface area contributed by atoms with Crippen LogP contribution in [0.3, 0.4) is 0 Å². The molecule has 3 rings (SSSR count). The first-order chi connectivity index (χ1) is 14.2. The average molecular weight is 397 g/mol. The number of benzene rings is 1. The van der Waals surface area contributed by atoms with Gasteiger partial charge in [0.25, 0.3) is 0 Å². The lowest BCUT2D eigenvalue weighted by atomic mass is 9.77. The van der Waals surface area contributed by atoms with E-state index in [9.17, 15) is 4.39 Å². The predicted octanol–water partition coefficient (Wildman–Crippen LogP) is 7.55. The molecule has 0 aliphatic heterocycles. The van der Waals surface area contributed by atoms with Crippen LogP contribution in [0, 0.1) is 17.7 Å². The van der Waals surface area contributed by atoms with Crippen molar-refractivity contribution >= 4 is 0 Å². The number of halogens is 1. The van der Waals surface area contributed by atoms with Gasteiger partial charge in [-0.25, -0.2) is 4.39 Å². The third-order valence-electron chi connectivity index (χ3n) is 6.69. The van der Waals surface area contributed by atoms with E-state index in [1.54, 1.807) is 6.07 Å².